The average Bonchev–Trinajstić information content (AvgIpc) is 2.74. The number of pyridine rings is 1. The number of thiophene rings is 1. The maximum absolute atomic E-state index is 4.41. The van der Waals surface area contributed by atoms with E-state index in [1.165, 1.54) is 42.3 Å². The number of aromatic nitrogens is 1. The molecular weight excluding hydrogens is 202 g/mol. The van der Waals surface area contributed by atoms with E-state index < -0.39 is 0 Å². The van der Waals surface area contributed by atoms with E-state index in [2.05, 4.69) is 17.1 Å². The molecule has 0 N–H and O–H groups in total. The van der Waals surface area contributed by atoms with Crippen molar-refractivity contribution in [1.82, 2.24) is 4.98 Å². The Morgan fingerprint density at radius 2 is 2.07 bits per heavy atom. The Hall–Kier alpha value is -0.890. The minimum absolute atomic E-state index is 0.818. The fourth-order valence-electron chi connectivity index (χ4n) is 2.48. The molecule has 0 saturated heterocycles. The molecule has 0 atom stereocenters. The van der Waals surface area contributed by atoms with Crippen molar-refractivity contribution in [3.63, 3.8) is 0 Å². The van der Waals surface area contributed by atoms with Crippen LogP contribution in [0.1, 0.15) is 42.9 Å². The second-order valence-electron chi connectivity index (χ2n) is 4.37. The second-order valence-corrected chi connectivity index (χ2v) is 5.49. The van der Waals surface area contributed by atoms with Gasteiger partial charge in [-0.2, -0.15) is 0 Å². The second kappa shape index (κ2) is 3.93. The van der Waals surface area contributed by atoms with Crippen molar-refractivity contribution in [3.8, 4) is 0 Å². The summed E-state index contributed by atoms with van der Waals surface area (Å²) in [5, 5.41) is 0. The number of hydrogen-bond acceptors (Lipinski definition) is 2. The minimum atomic E-state index is 0.818. The third kappa shape index (κ3) is 1.78. The van der Waals surface area contributed by atoms with Crippen LogP contribution in [-0.2, 0) is 0 Å². The topological polar surface area (TPSA) is 12.9 Å². The summed E-state index contributed by atoms with van der Waals surface area (Å²) in [7, 11) is 0. The van der Waals surface area contributed by atoms with Gasteiger partial charge in [-0.15, -0.1) is 11.3 Å². The summed E-state index contributed by atoms with van der Waals surface area (Å²) in [4.78, 5) is 5.97. The molecule has 0 bridgehead atoms. The zero-order valence-corrected chi connectivity index (χ0v) is 9.59. The van der Waals surface area contributed by atoms with Gasteiger partial charge in [-0.05, 0) is 37.0 Å². The molecule has 0 unspecified atom stereocenters. The largest absolute Gasteiger partial charge is 0.255 e. The molecule has 0 amide bonds. The smallest absolute Gasteiger partial charge is 0.0812 e. The highest BCUT2D eigenvalue weighted by atomic mass is 32.1. The molecule has 78 valence electrons. The van der Waals surface area contributed by atoms with Gasteiger partial charge in [0.25, 0.3) is 0 Å². The highest BCUT2D eigenvalue weighted by Gasteiger charge is 2.17. The Balaban J connectivity index is 1.96. The fraction of sp³-hybridized carbons (Fsp3) is 0.462. The number of rotatable bonds is 1. The Labute approximate surface area is 94.2 Å². The summed E-state index contributed by atoms with van der Waals surface area (Å²) >= 11 is 1.94. The van der Waals surface area contributed by atoms with Gasteiger partial charge >= 0.3 is 0 Å². The van der Waals surface area contributed by atoms with Crippen molar-refractivity contribution in [2.24, 2.45) is 0 Å². The first-order valence-electron chi connectivity index (χ1n) is 5.78. The van der Waals surface area contributed by atoms with Gasteiger partial charge in [0.05, 0.1) is 10.2 Å². The molecule has 0 spiro atoms. The predicted octanol–water partition coefficient (Wildman–Crippen LogP) is 4.34. The van der Waals surface area contributed by atoms with Crippen LogP contribution in [0.5, 0.6) is 0 Å². The zero-order valence-electron chi connectivity index (χ0n) is 8.78. The SMILES string of the molecule is c1cnc2cc(C3CCCCC3)sc2c1. The highest BCUT2D eigenvalue weighted by Crippen LogP contribution is 2.38. The van der Waals surface area contributed by atoms with Crippen LogP contribution >= 0.6 is 11.3 Å². The minimum Gasteiger partial charge on any atom is -0.255 e. The molecule has 2 heteroatoms. The molecule has 0 aromatic carbocycles. The van der Waals surface area contributed by atoms with Crippen LogP contribution in [0.25, 0.3) is 10.2 Å². The van der Waals surface area contributed by atoms with E-state index in [0.717, 1.165) is 5.92 Å². The zero-order chi connectivity index (χ0) is 10.1. The van der Waals surface area contributed by atoms with Crippen LogP contribution in [0.3, 0.4) is 0 Å². The number of fused-ring (bicyclic) bond motifs is 1. The van der Waals surface area contributed by atoms with Crippen molar-refractivity contribution in [2.75, 3.05) is 0 Å². The Morgan fingerprint density at radius 1 is 1.20 bits per heavy atom. The van der Waals surface area contributed by atoms with Gasteiger partial charge in [-0.3, -0.25) is 4.98 Å². The molecule has 0 radical (unpaired) electrons. The van der Waals surface area contributed by atoms with Gasteiger partial charge in [-0.25, -0.2) is 0 Å². The van der Waals surface area contributed by atoms with E-state index in [0.29, 0.717) is 0 Å². The number of nitrogens with zero attached hydrogens (tertiary/aromatic N) is 1. The predicted molar refractivity (Wildman–Crippen MR) is 65.4 cm³/mol. The van der Waals surface area contributed by atoms with Gasteiger partial charge in [0.2, 0.25) is 0 Å². The summed E-state index contributed by atoms with van der Waals surface area (Å²) < 4.78 is 1.35. The lowest BCUT2D eigenvalue weighted by atomic mass is 9.88. The lowest BCUT2D eigenvalue weighted by Gasteiger charge is -2.19. The molecule has 1 aliphatic rings. The van der Waals surface area contributed by atoms with Crippen LogP contribution < -0.4 is 0 Å². The van der Waals surface area contributed by atoms with E-state index in [9.17, 15) is 0 Å². The molecule has 2 heterocycles. The standard InChI is InChI=1S/C13H15NS/c1-2-5-10(6-3-1)13-9-11-12(15-13)7-4-8-14-11/h4,7-10H,1-3,5-6H2. The third-order valence-electron chi connectivity index (χ3n) is 3.31. The first-order valence-corrected chi connectivity index (χ1v) is 6.59. The normalized spacial score (nSPS) is 18.4. The van der Waals surface area contributed by atoms with Crippen molar-refractivity contribution < 1.29 is 0 Å². The molecule has 1 saturated carbocycles. The van der Waals surface area contributed by atoms with E-state index in [-0.39, 0.29) is 0 Å². The van der Waals surface area contributed by atoms with Crippen LogP contribution in [0.4, 0.5) is 0 Å². The summed E-state index contributed by atoms with van der Waals surface area (Å²) in [6.07, 6.45) is 8.90. The average molecular weight is 217 g/mol. The molecule has 15 heavy (non-hydrogen) atoms. The lowest BCUT2D eigenvalue weighted by Crippen LogP contribution is -2.02. The quantitative estimate of drug-likeness (QED) is 0.692. The van der Waals surface area contributed by atoms with Crippen molar-refractivity contribution >= 4 is 21.6 Å². The maximum atomic E-state index is 4.41. The lowest BCUT2D eigenvalue weighted by molar-refractivity contribution is 0.448. The summed E-state index contributed by atoms with van der Waals surface area (Å²) in [5.74, 6) is 0.818. The molecule has 0 aliphatic heterocycles. The van der Waals surface area contributed by atoms with Gasteiger partial charge in [0.15, 0.2) is 0 Å². The monoisotopic (exact) mass is 217 g/mol. The van der Waals surface area contributed by atoms with E-state index >= 15 is 0 Å². The van der Waals surface area contributed by atoms with E-state index in [1.807, 2.05) is 23.6 Å². The number of hydrogen-bond donors (Lipinski definition) is 0. The van der Waals surface area contributed by atoms with Gasteiger partial charge in [-0.1, -0.05) is 19.3 Å². The molecule has 1 fully saturated rings. The first-order chi connectivity index (χ1) is 7.43. The van der Waals surface area contributed by atoms with E-state index in [4.69, 9.17) is 0 Å². The Kier molecular flexibility index (Phi) is 2.45. The van der Waals surface area contributed by atoms with Gasteiger partial charge in [0, 0.05) is 11.1 Å². The van der Waals surface area contributed by atoms with Crippen LogP contribution in [0.15, 0.2) is 24.4 Å². The summed E-state index contributed by atoms with van der Waals surface area (Å²) in [6, 6.07) is 6.51. The maximum Gasteiger partial charge on any atom is 0.0812 e. The molecule has 1 nitrogen and oxygen atoms in total. The summed E-state index contributed by atoms with van der Waals surface area (Å²) in [5.41, 5.74) is 1.18. The van der Waals surface area contributed by atoms with Gasteiger partial charge < -0.3 is 0 Å². The van der Waals surface area contributed by atoms with E-state index in [1.54, 1.807) is 4.88 Å². The van der Waals surface area contributed by atoms with Crippen LogP contribution in [0.2, 0.25) is 0 Å². The molecule has 1 aliphatic carbocycles. The molecule has 3 rings (SSSR count). The van der Waals surface area contributed by atoms with Crippen LogP contribution in [-0.4, -0.2) is 4.98 Å². The third-order valence-corrected chi connectivity index (χ3v) is 4.57. The van der Waals surface area contributed by atoms with Crippen molar-refractivity contribution in [1.29, 1.82) is 0 Å². The first kappa shape index (κ1) is 9.34. The van der Waals surface area contributed by atoms with Crippen LogP contribution in [0, 0.1) is 0 Å². The molecule has 2 aromatic rings. The summed E-state index contributed by atoms with van der Waals surface area (Å²) in [6.45, 7) is 0. The highest BCUT2D eigenvalue weighted by molar-refractivity contribution is 7.19. The Bertz CT molecular complexity index is 421. The molecule has 2 aromatic heterocycles. The molecular formula is C13H15NS. The Morgan fingerprint density at radius 3 is 2.87 bits per heavy atom. The fourth-order valence-corrected chi connectivity index (χ4v) is 3.67. The van der Waals surface area contributed by atoms with Crippen molar-refractivity contribution in [3.05, 3.63) is 29.3 Å². The van der Waals surface area contributed by atoms with Gasteiger partial charge in [0.1, 0.15) is 0 Å². The van der Waals surface area contributed by atoms with Crippen molar-refractivity contribution in [2.45, 2.75) is 38.0 Å².